The summed E-state index contributed by atoms with van der Waals surface area (Å²) in [4.78, 5) is 12.2. The summed E-state index contributed by atoms with van der Waals surface area (Å²) in [6, 6.07) is 7.09. The van der Waals surface area contributed by atoms with Gasteiger partial charge in [0.25, 0.3) is 0 Å². The van der Waals surface area contributed by atoms with E-state index < -0.39 is 15.1 Å². The second-order valence-corrected chi connectivity index (χ2v) is 6.50. The molecule has 1 aromatic carbocycles. The van der Waals surface area contributed by atoms with Crippen LogP contribution < -0.4 is 0 Å². The fraction of sp³-hybridized carbons (Fsp3) is 0.462. The summed E-state index contributed by atoms with van der Waals surface area (Å²) in [7, 11) is -3.32. The molecule has 0 spiro atoms. The third kappa shape index (κ3) is 2.94. The van der Waals surface area contributed by atoms with Gasteiger partial charge >= 0.3 is 0 Å². The van der Waals surface area contributed by atoms with Gasteiger partial charge in [0.2, 0.25) is 0 Å². The lowest BCUT2D eigenvalue weighted by molar-refractivity contribution is 0.0985. The summed E-state index contributed by atoms with van der Waals surface area (Å²) >= 11 is 0. The van der Waals surface area contributed by atoms with Gasteiger partial charge in [-0.3, -0.25) is 4.79 Å². The van der Waals surface area contributed by atoms with Gasteiger partial charge in [-0.15, -0.1) is 0 Å². The number of ketones is 1. The molecule has 0 aliphatic rings. The highest BCUT2D eigenvalue weighted by Gasteiger charge is 2.30. The van der Waals surface area contributed by atoms with E-state index in [1.54, 1.807) is 26.0 Å². The lowest BCUT2D eigenvalue weighted by Crippen LogP contribution is -2.31. The minimum Gasteiger partial charge on any atom is -0.293 e. The monoisotopic (exact) mass is 254 g/mol. The first-order valence-electron chi connectivity index (χ1n) is 5.75. The smallest absolute Gasteiger partial charge is 0.181 e. The molecule has 1 rings (SSSR count). The second kappa shape index (κ2) is 5.45. The van der Waals surface area contributed by atoms with Gasteiger partial charge in [-0.05, 0) is 18.9 Å². The number of carbonyl (C=O) groups excluding carboxylic acids is 1. The van der Waals surface area contributed by atoms with E-state index in [0.717, 1.165) is 5.56 Å². The number of carbonyl (C=O) groups is 1. The summed E-state index contributed by atoms with van der Waals surface area (Å²) in [6.07, 6.45) is 0.323. The van der Waals surface area contributed by atoms with Gasteiger partial charge < -0.3 is 0 Å². The van der Waals surface area contributed by atoms with E-state index in [0.29, 0.717) is 12.0 Å². The number of aryl methyl sites for hydroxylation is 1. The van der Waals surface area contributed by atoms with Crippen LogP contribution in [0.1, 0.15) is 36.2 Å². The van der Waals surface area contributed by atoms with Crippen LogP contribution in [0, 0.1) is 6.92 Å². The van der Waals surface area contributed by atoms with Gasteiger partial charge in [0, 0.05) is 11.3 Å². The van der Waals surface area contributed by atoms with Crippen molar-refractivity contribution in [2.75, 3.05) is 5.75 Å². The molecule has 0 bridgehead atoms. The third-order valence-corrected chi connectivity index (χ3v) is 5.13. The lowest BCUT2D eigenvalue weighted by atomic mass is 10.0. The van der Waals surface area contributed by atoms with E-state index in [1.807, 2.05) is 19.1 Å². The molecule has 0 aromatic heterocycles. The number of Topliss-reactive ketones (excluding diaryl/α,β-unsaturated/α-hetero) is 1. The first-order chi connectivity index (χ1) is 7.94. The maximum Gasteiger partial charge on any atom is 0.181 e. The van der Waals surface area contributed by atoms with Crippen LogP contribution in [-0.4, -0.2) is 25.2 Å². The van der Waals surface area contributed by atoms with Crippen molar-refractivity contribution in [3.8, 4) is 0 Å². The Morgan fingerprint density at radius 1 is 1.24 bits per heavy atom. The van der Waals surface area contributed by atoms with E-state index in [4.69, 9.17) is 0 Å². The summed E-state index contributed by atoms with van der Waals surface area (Å²) in [5.74, 6) is -0.282. The van der Waals surface area contributed by atoms with Crippen molar-refractivity contribution < 1.29 is 13.2 Å². The molecule has 0 saturated heterocycles. The van der Waals surface area contributed by atoms with Crippen molar-refractivity contribution in [2.45, 2.75) is 32.4 Å². The Hall–Kier alpha value is -1.16. The highest BCUT2D eigenvalue weighted by Crippen LogP contribution is 2.17. The molecule has 4 heteroatoms. The van der Waals surface area contributed by atoms with Crippen LogP contribution in [0.4, 0.5) is 0 Å². The van der Waals surface area contributed by atoms with E-state index in [1.165, 1.54) is 0 Å². The second-order valence-electron chi connectivity index (χ2n) is 4.03. The Morgan fingerprint density at radius 3 is 2.29 bits per heavy atom. The Balaban J connectivity index is 3.16. The molecule has 0 fully saturated rings. The molecule has 0 amide bonds. The highest BCUT2D eigenvalue weighted by molar-refractivity contribution is 7.92. The SMILES string of the molecule is CC[C@H](C(=O)c1ccccc1C)S(=O)(=O)CC. The average molecular weight is 254 g/mol. The minimum absolute atomic E-state index is 0.00310. The molecule has 1 aromatic rings. The van der Waals surface area contributed by atoms with Crippen LogP contribution >= 0.6 is 0 Å². The molecule has 17 heavy (non-hydrogen) atoms. The Labute approximate surface area is 103 Å². The van der Waals surface area contributed by atoms with Crippen LogP contribution in [-0.2, 0) is 9.84 Å². The fourth-order valence-corrected chi connectivity index (χ4v) is 3.19. The van der Waals surface area contributed by atoms with E-state index >= 15 is 0 Å². The maximum atomic E-state index is 12.2. The minimum atomic E-state index is -3.32. The summed E-state index contributed by atoms with van der Waals surface area (Å²) in [5, 5.41) is -0.909. The molecule has 0 radical (unpaired) electrons. The van der Waals surface area contributed by atoms with E-state index in [2.05, 4.69) is 0 Å². The van der Waals surface area contributed by atoms with Crippen LogP contribution in [0.25, 0.3) is 0 Å². The highest BCUT2D eigenvalue weighted by atomic mass is 32.2. The number of hydrogen-bond acceptors (Lipinski definition) is 3. The molecule has 0 unspecified atom stereocenters. The Bertz CT molecular complexity index is 503. The predicted octanol–water partition coefficient (Wildman–Crippen LogP) is 2.39. The van der Waals surface area contributed by atoms with Crippen LogP contribution in [0.2, 0.25) is 0 Å². The van der Waals surface area contributed by atoms with Gasteiger partial charge in [0.1, 0.15) is 5.25 Å². The molecule has 0 aliphatic carbocycles. The normalized spacial score (nSPS) is 13.4. The van der Waals surface area contributed by atoms with Crippen LogP contribution in [0.15, 0.2) is 24.3 Å². The molecule has 0 saturated carbocycles. The molecular weight excluding hydrogens is 236 g/mol. The molecule has 0 aliphatic heterocycles. The van der Waals surface area contributed by atoms with Crippen molar-refractivity contribution in [3.63, 3.8) is 0 Å². The van der Waals surface area contributed by atoms with Crippen molar-refractivity contribution in [3.05, 3.63) is 35.4 Å². The number of rotatable bonds is 5. The Morgan fingerprint density at radius 2 is 1.82 bits per heavy atom. The van der Waals surface area contributed by atoms with Crippen LogP contribution in [0.3, 0.4) is 0 Å². The predicted molar refractivity (Wildman–Crippen MR) is 69.0 cm³/mol. The number of benzene rings is 1. The first kappa shape index (κ1) is 13.9. The number of sulfone groups is 1. The zero-order valence-corrected chi connectivity index (χ0v) is 11.3. The van der Waals surface area contributed by atoms with Gasteiger partial charge in [-0.2, -0.15) is 0 Å². The zero-order chi connectivity index (χ0) is 13.1. The van der Waals surface area contributed by atoms with Crippen molar-refractivity contribution in [2.24, 2.45) is 0 Å². The van der Waals surface area contributed by atoms with Gasteiger partial charge in [0.05, 0.1) is 0 Å². The van der Waals surface area contributed by atoms with E-state index in [9.17, 15) is 13.2 Å². The molecule has 94 valence electrons. The fourth-order valence-electron chi connectivity index (χ4n) is 1.83. The quantitative estimate of drug-likeness (QED) is 0.758. The summed E-state index contributed by atoms with van der Waals surface area (Å²) in [6.45, 7) is 5.12. The third-order valence-electron chi connectivity index (χ3n) is 2.91. The number of hydrogen-bond donors (Lipinski definition) is 0. The topological polar surface area (TPSA) is 51.2 Å². The van der Waals surface area contributed by atoms with Crippen molar-refractivity contribution in [1.82, 2.24) is 0 Å². The van der Waals surface area contributed by atoms with Crippen molar-refractivity contribution >= 4 is 15.6 Å². The Kier molecular flexibility index (Phi) is 4.46. The summed E-state index contributed by atoms with van der Waals surface area (Å²) < 4.78 is 23.7. The van der Waals surface area contributed by atoms with Gasteiger partial charge in [-0.25, -0.2) is 8.42 Å². The molecule has 1 atom stereocenters. The van der Waals surface area contributed by atoms with Crippen molar-refractivity contribution in [1.29, 1.82) is 0 Å². The average Bonchev–Trinajstić information content (AvgIpc) is 2.30. The molecule has 0 N–H and O–H groups in total. The van der Waals surface area contributed by atoms with Gasteiger partial charge in [0.15, 0.2) is 15.6 Å². The first-order valence-corrected chi connectivity index (χ1v) is 7.47. The molecule has 0 heterocycles. The molecular formula is C13H18O3S. The standard InChI is InChI=1S/C13H18O3S/c1-4-12(17(15,16)5-2)13(14)11-9-7-6-8-10(11)3/h6-9,12H,4-5H2,1-3H3/t12-/m1/s1. The zero-order valence-electron chi connectivity index (χ0n) is 10.4. The van der Waals surface area contributed by atoms with Crippen LogP contribution in [0.5, 0.6) is 0 Å². The van der Waals surface area contributed by atoms with E-state index in [-0.39, 0.29) is 11.5 Å². The maximum absolute atomic E-state index is 12.2. The summed E-state index contributed by atoms with van der Waals surface area (Å²) in [5.41, 5.74) is 1.33. The largest absolute Gasteiger partial charge is 0.293 e. The lowest BCUT2D eigenvalue weighted by Gasteiger charge is -2.14. The van der Waals surface area contributed by atoms with Gasteiger partial charge in [-0.1, -0.05) is 38.1 Å². The molecule has 3 nitrogen and oxygen atoms in total.